The molecule has 0 aliphatic rings. The Morgan fingerprint density at radius 3 is 2.93 bits per heavy atom. The largest absolute Gasteiger partial charge is 0.321 e. The fraction of sp³-hybridized carbons (Fsp3) is 0.385. The van der Waals surface area contributed by atoms with Crippen LogP contribution in [0.2, 0.25) is 0 Å². The molecule has 0 N–H and O–H groups in total. The van der Waals surface area contributed by atoms with E-state index in [9.17, 15) is 0 Å². The molecule has 14 heavy (non-hydrogen) atoms. The van der Waals surface area contributed by atoms with E-state index < -0.39 is 0 Å². The molecule has 2 aromatic rings. The van der Waals surface area contributed by atoms with Crippen LogP contribution in [-0.2, 0) is 6.42 Å². The van der Waals surface area contributed by atoms with Crippen molar-refractivity contribution in [2.75, 3.05) is 0 Å². The molecule has 2 heterocycles. The van der Waals surface area contributed by atoms with Gasteiger partial charge < -0.3 is 4.40 Å². The van der Waals surface area contributed by atoms with Gasteiger partial charge in [-0.3, -0.25) is 0 Å². The van der Waals surface area contributed by atoms with E-state index >= 15 is 0 Å². The summed E-state index contributed by atoms with van der Waals surface area (Å²) in [5.74, 6) is 0. The predicted molar refractivity (Wildman–Crippen MR) is 60.7 cm³/mol. The van der Waals surface area contributed by atoms with Gasteiger partial charge in [-0.05, 0) is 43.5 Å². The average Bonchev–Trinajstić information content (AvgIpc) is 2.54. The maximum absolute atomic E-state index is 2.31. The highest BCUT2D eigenvalue weighted by Gasteiger charge is 2.03. The molecule has 0 fully saturated rings. The molecule has 0 aliphatic carbocycles. The summed E-state index contributed by atoms with van der Waals surface area (Å²) < 4.78 is 2.27. The smallest absolute Gasteiger partial charge is 0.0484 e. The molecule has 1 nitrogen and oxygen atoms in total. The van der Waals surface area contributed by atoms with E-state index in [1.165, 1.54) is 36.0 Å². The van der Waals surface area contributed by atoms with Gasteiger partial charge in [-0.25, -0.2) is 0 Å². The zero-order valence-electron chi connectivity index (χ0n) is 8.96. The van der Waals surface area contributed by atoms with Gasteiger partial charge in [0, 0.05) is 17.4 Å². The maximum atomic E-state index is 2.31. The number of rotatable bonds is 3. The minimum absolute atomic E-state index is 1.21. The number of unbranched alkanes of at least 4 members (excludes halogenated alkanes) is 1. The summed E-state index contributed by atoms with van der Waals surface area (Å²) in [6, 6.07) is 8.72. The van der Waals surface area contributed by atoms with Crippen LogP contribution in [0.4, 0.5) is 0 Å². The molecule has 2 aromatic heterocycles. The zero-order valence-corrected chi connectivity index (χ0v) is 8.96. The minimum atomic E-state index is 1.21. The molecule has 0 saturated carbocycles. The number of pyridine rings is 1. The molecule has 0 aliphatic heterocycles. The van der Waals surface area contributed by atoms with E-state index in [1.807, 2.05) is 0 Å². The highest BCUT2D eigenvalue weighted by Crippen LogP contribution is 2.18. The van der Waals surface area contributed by atoms with Gasteiger partial charge in [0.05, 0.1) is 0 Å². The molecule has 0 radical (unpaired) electrons. The first-order chi connectivity index (χ1) is 6.83. The van der Waals surface area contributed by atoms with Crippen LogP contribution in [0.5, 0.6) is 0 Å². The van der Waals surface area contributed by atoms with Gasteiger partial charge in [-0.15, -0.1) is 0 Å². The van der Waals surface area contributed by atoms with Crippen LogP contribution in [0.1, 0.15) is 31.0 Å². The van der Waals surface area contributed by atoms with Gasteiger partial charge in [0.15, 0.2) is 0 Å². The highest BCUT2D eigenvalue weighted by molar-refractivity contribution is 5.57. The second-order valence-corrected chi connectivity index (χ2v) is 3.87. The fourth-order valence-electron chi connectivity index (χ4n) is 1.98. The molecule has 0 atom stereocenters. The molecule has 1 heteroatoms. The van der Waals surface area contributed by atoms with E-state index in [2.05, 4.69) is 48.7 Å². The Labute approximate surface area is 85.4 Å². The summed E-state index contributed by atoms with van der Waals surface area (Å²) in [5.41, 5.74) is 4.20. The van der Waals surface area contributed by atoms with Crippen molar-refractivity contribution in [3.8, 4) is 0 Å². The molecular formula is C13H17N. The van der Waals surface area contributed by atoms with E-state index in [-0.39, 0.29) is 0 Å². The fourth-order valence-corrected chi connectivity index (χ4v) is 1.98. The Morgan fingerprint density at radius 1 is 1.29 bits per heavy atom. The van der Waals surface area contributed by atoms with Crippen LogP contribution >= 0.6 is 0 Å². The third kappa shape index (κ3) is 1.54. The van der Waals surface area contributed by atoms with Gasteiger partial charge in [0.2, 0.25) is 0 Å². The third-order valence-corrected chi connectivity index (χ3v) is 2.75. The lowest BCUT2D eigenvalue weighted by molar-refractivity contribution is 0.799. The van der Waals surface area contributed by atoms with E-state index in [1.54, 1.807) is 0 Å². The Kier molecular flexibility index (Phi) is 2.58. The normalized spacial score (nSPS) is 11.0. The van der Waals surface area contributed by atoms with Crippen molar-refractivity contribution in [1.29, 1.82) is 0 Å². The van der Waals surface area contributed by atoms with Crippen LogP contribution in [0.15, 0.2) is 30.5 Å². The summed E-state index contributed by atoms with van der Waals surface area (Å²) in [6.45, 7) is 4.41. The zero-order chi connectivity index (χ0) is 9.97. The summed E-state index contributed by atoms with van der Waals surface area (Å²) in [5, 5.41) is 0. The molecule has 0 bridgehead atoms. The lowest BCUT2D eigenvalue weighted by atomic mass is 10.1. The van der Waals surface area contributed by atoms with E-state index in [4.69, 9.17) is 0 Å². The second kappa shape index (κ2) is 3.87. The lowest BCUT2D eigenvalue weighted by Crippen LogP contribution is -1.86. The Balaban J connectivity index is 2.44. The molecule has 0 aromatic carbocycles. The maximum Gasteiger partial charge on any atom is 0.0484 e. The molecule has 0 amide bonds. The van der Waals surface area contributed by atoms with Gasteiger partial charge >= 0.3 is 0 Å². The predicted octanol–water partition coefficient (Wildman–Crippen LogP) is 3.59. The number of fused-ring (bicyclic) bond motifs is 1. The van der Waals surface area contributed by atoms with Crippen molar-refractivity contribution in [1.82, 2.24) is 4.40 Å². The molecule has 74 valence electrons. The first-order valence-corrected chi connectivity index (χ1v) is 5.38. The van der Waals surface area contributed by atoms with Gasteiger partial charge in [0.1, 0.15) is 0 Å². The van der Waals surface area contributed by atoms with E-state index in [0.717, 1.165) is 0 Å². The minimum Gasteiger partial charge on any atom is -0.321 e. The van der Waals surface area contributed by atoms with Crippen molar-refractivity contribution in [3.05, 3.63) is 41.7 Å². The number of aryl methyl sites for hydroxylation is 2. The van der Waals surface area contributed by atoms with Crippen LogP contribution in [0.25, 0.3) is 5.52 Å². The van der Waals surface area contributed by atoms with Gasteiger partial charge in [-0.1, -0.05) is 19.4 Å². The van der Waals surface area contributed by atoms with Gasteiger partial charge in [0.25, 0.3) is 0 Å². The topological polar surface area (TPSA) is 4.41 Å². The van der Waals surface area contributed by atoms with Crippen LogP contribution in [0, 0.1) is 6.92 Å². The quantitative estimate of drug-likeness (QED) is 0.691. The van der Waals surface area contributed by atoms with Crippen molar-refractivity contribution < 1.29 is 0 Å². The van der Waals surface area contributed by atoms with Crippen molar-refractivity contribution in [3.63, 3.8) is 0 Å². The van der Waals surface area contributed by atoms with Crippen molar-refractivity contribution in [2.45, 2.75) is 33.1 Å². The second-order valence-electron chi connectivity index (χ2n) is 3.87. The monoisotopic (exact) mass is 187 g/mol. The molecule has 0 unspecified atom stereocenters. The highest BCUT2D eigenvalue weighted by atomic mass is 14.9. The number of hydrogen-bond donors (Lipinski definition) is 0. The Hall–Kier alpha value is -1.24. The van der Waals surface area contributed by atoms with E-state index in [0.29, 0.717) is 0 Å². The SMILES string of the molecule is CCCCc1cc(C)n2ccccc12. The Morgan fingerprint density at radius 2 is 2.14 bits per heavy atom. The average molecular weight is 187 g/mol. The summed E-state index contributed by atoms with van der Waals surface area (Å²) >= 11 is 0. The van der Waals surface area contributed by atoms with Gasteiger partial charge in [-0.2, -0.15) is 0 Å². The molecular weight excluding hydrogens is 170 g/mol. The van der Waals surface area contributed by atoms with Crippen molar-refractivity contribution in [2.24, 2.45) is 0 Å². The van der Waals surface area contributed by atoms with Crippen LogP contribution < -0.4 is 0 Å². The summed E-state index contributed by atoms with van der Waals surface area (Å²) in [4.78, 5) is 0. The molecule has 0 spiro atoms. The Bertz CT molecular complexity index is 426. The first kappa shape index (κ1) is 9.32. The number of hydrogen-bond acceptors (Lipinski definition) is 0. The summed E-state index contributed by atoms with van der Waals surface area (Å²) in [7, 11) is 0. The lowest BCUT2D eigenvalue weighted by Gasteiger charge is -1.98. The standard InChI is InChI=1S/C13H17N/c1-3-4-7-12-10-11(2)14-9-6-5-8-13(12)14/h5-6,8-10H,3-4,7H2,1-2H3. The first-order valence-electron chi connectivity index (χ1n) is 5.38. The molecule has 0 saturated heterocycles. The molecule has 2 rings (SSSR count). The number of aromatic nitrogens is 1. The van der Waals surface area contributed by atoms with Crippen molar-refractivity contribution >= 4 is 5.52 Å². The third-order valence-electron chi connectivity index (χ3n) is 2.75. The summed E-state index contributed by atoms with van der Waals surface area (Å²) in [6.07, 6.45) is 5.90. The van der Waals surface area contributed by atoms with Crippen LogP contribution in [-0.4, -0.2) is 4.40 Å². The van der Waals surface area contributed by atoms with Crippen LogP contribution in [0.3, 0.4) is 0 Å². The number of nitrogens with zero attached hydrogens (tertiary/aromatic N) is 1.